The molecule has 0 saturated heterocycles. The number of rotatable bonds is 5. The normalized spacial score (nSPS) is 11.1. The summed E-state index contributed by atoms with van der Waals surface area (Å²) in [7, 11) is 0. The molecule has 2 nitrogen and oxygen atoms in total. The van der Waals surface area contributed by atoms with Crippen molar-refractivity contribution in [3.8, 4) is 6.07 Å². The third-order valence-corrected chi connectivity index (χ3v) is 3.64. The van der Waals surface area contributed by atoms with Crippen molar-refractivity contribution in [3.63, 3.8) is 0 Å². The van der Waals surface area contributed by atoms with Gasteiger partial charge in [0, 0.05) is 11.0 Å². The molecule has 0 aliphatic rings. The van der Waals surface area contributed by atoms with Crippen LogP contribution in [0.25, 0.3) is 0 Å². The Morgan fingerprint density at radius 3 is 2.56 bits per heavy atom. The van der Waals surface area contributed by atoms with Crippen molar-refractivity contribution in [2.75, 3.05) is 11.9 Å². The standard InChI is InChI=1S/C15H21BrN2/c1-11-8-12(2)14(13(16)9-11)18-7-5-6-15(3,4)10-17/h8-9,18H,5-7H2,1-4H3. The van der Waals surface area contributed by atoms with E-state index in [0.29, 0.717) is 0 Å². The monoisotopic (exact) mass is 308 g/mol. The Bertz CT molecular complexity index is 435. The smallest absolute Gasteiger partial charge is 0.0683 e. The van der Waals surface area contributed by atoms with E-state index in [1.165, 1.54) is 11.1 Å². The molecule has 0 heterocycles. The van der Waals surface area contributed by atoms with Gasteiger partial charge in [0.05, 0.1) is 17.2 Å². The number of nitrogens with zero attached hydrogens (tertiary/aromatic N) is 1. The van der Waals surface area contributed by atoms with Gasteiger partial charge in [-0.15, -0.1) is 0 Å². The van der Waals surface area contributed by atoms with Crippen LogP contribution in [0.1, 0.15) is 37.8 Å². The second kappa shape index (κ2) is 6.24. The van der Waals surface area contributed by atoms with E-state index in [1.807, 2.05) is 13.8 Å². The third kappa shape index (κ3) is 4.34. The zero-order valence-electron chi connectivity index (χ0n) is 11.6. The largest absolute Gasteiger partial charge is 0.384 e. The number of benzene rings is 1. The van der Waals surface area contributed by atoms with E-state index in [9.17, 15) is 0 Å². The first-order chi connectivity index (χ1) is 8.35. The quantitative estimate of drug-likeness (QED) is 0.792. The van der Waals surface area contributed by atoms with Gasteiger partial charge in [-0.05, 0) is 73.7 Å². The number of nitriles is 1. The minimum atomic E-state index is -0.221. The van der Waals surface area contributed by atoms with Crippen molar-refractivity contribution < 1.29 is 0 Å². The Hall–Kier alpha value is -1.01. The number of aryl methyl sites for hydroxylation is 2. The predicted molar refractivity (Wildman–Crippen MR) is 80.7 cm³/mol. The van der Waals surface area contributed by atoms with E-state index in [0.717, 1.165) is 29.5 Å². The Labute approximate surface area is 119 Å². The van der Waals surface area contributed by atoms with Gasteiger partial charge >= 0.3 is 0 Å². The molecule has 1 aromatic rings. The van der Waals surface area contributed by atoms with E-state index in [4.69, 9.17) is 5.26 Å². The molecular weight excluding hydrogens is 288 g/mol. The molecule has 0 aliphatic carbocycles. The number of hydrogen-bond acceptors (Lipinski definition) is 2. The highest BCUT2D eigenvalue weighted by Gasteiger charge is 2.15. The Morgan fingerprint density at radius 1 is 1.33 bits per heavy atom. The minimum absolute atomic E-state index is 0.221. The molecule has 0 radical (unpaired) electrons. The van der Waals surface area contributed by atoms with E-state index in [1.54, 1.807) is 0 Å². The Kier molecular flexibility index (Phi) is 5.22. The molecule has 0 fully saturated rings. The highest BCUT2D eigenvalue weighted by atomic mass is 79.9. The Morgan fingerprint density at radius 2 is 2.00 bits per heavy atom. The fourth-order valence-electron chi connectivity index (χ4n) is 1.94. The predicted octanol–water partition coefficient (Wildman–Crippen LogP) is 4.81. The molecule has 1 rings (SSSR count). The molecule has 3 heteroatoms. The summed E-state index contributed by atoms with van der Waals surface area (Å²) in [6.45, 7) is 9.07. The lowest BCUT2D eigenvalue weighted by Crippen LogP contribution is -2.11. The van der Waals surface area contributed by atoms with Crippen LogP contribution in [0.2, 0.25) is 0 Å². The molecule has 98 valence electrons. The summed E-state index contributed by atoms with van der Waals surface area (Å²) >= 11 is 3.59. The van der Waals surface area contributed by atoms with Crippen LogP contribution in [-0.2, 0) is 0 Å². The van der Waals surface area contributed by atoms with Crippen molar-refractivity contribution in [1.29, 1.82) is 5.26 Å². The lowest BCUT2D eigenvalue weighted by atomic mass is 9.90. The minimum Gasteiger partial charge on any atom is -0.384 e. The lowest BCUT2D eigenvalue weighted by molar-refractivity contribution is 0.441. The average molecular weight is 309 g/mol. The van der Waals surface area contributed by atoms with E-state index >= 15 is 0 Å². The fourth-order valence-corrected chi connectivity index (χ4v) is 2.75. The zero-order chi connectivity index (χ0) is 13.8. The molecule has 0 unspecified atom stereocenters. The lowest BCUT2D eigenvalue weighted by Gasteiger charge is -2.16. The van der Waals surface area contributed by atoms with Crippen LogP contribution in [0.3, 0.4) is 0 Å². The fraction of sp³-hybridized carbons (Fsp3) is 0.533. The number of nitrogens with one attached hydrogen (secondary N) is 1. The summed E-state index contributed by atoms with van der Waals surface area (Å²) < 4.78 is 1.11. The highest BCUT2D eigenvalue weighted by molar-refractivity contribution is 9.10. The first-order valence-electron chi connectivity index (χ1n) is 6.27. The number of hydrogen-bond donors (Lipinski definition) is 1. The van der Waals surface area contributed by atoms with Gasteiger partial charge in [0.2, 0.25) is 0 Å². The van der Waals surface area contributed by atoms with E-state index in [-0.39, 0.29) is 5.41 Å². The summed E-state index contributed by atoms with van der Waals surface area (Å²) in [5.74, 6) is 0. The van der Waals surface area contributed by atoms with Gasteiger partial charge in [-0.2, -0.15) is 5.26 Å². The highest BCUT2D eigenvalue weighted by Crippen LogP contribution is 2.28. The van der Waals surface area contributed by atoms with Crippen LogP contribution < -0.4 is 5.32 Å². The Balaban J connectivity index is 2.53. The summed E-state index contributed by atoms with van der Waals surface area (Å²) in [5.41, 5.74) is 3.45. The van der Waals surface area contributed by atoms with Gasteiger partial charge < -0.3 is 5.32 Å². The molecular formula is C15H21BrN2. The average Bonchev–Trinajstić information content (AvgIpc) is 2.26. The van der Waals surface area contributed by atoms with Crippen molar-refractivity contribution in [1.82, 2.24) is 0 Å². The molecule has 0 spiro atoms. The molecule has 0 atom stereocenters. The van der Waals surface area contributed by atoms with E-state index < -0.39 is 0 Å². The molecule has 0 amide bonds. The van der Waals surface area contributed by atoms with Crippen LogP contribution in [0.15, 0.2) is 16.6 Å². The molecule has 1 N–H and O–H groups in total. The summed E-state index contributed by atoms with van der Waals surface area (Å²) in [5, 5.41) is 12.4. The second-order valence-corrected chi connectivity index (χ2v) is 6.32. The first-order valence-corrected chi connectivity index (χ1v) is 7.07. The number of halogens is 1. The van der Waals surface area contributed by atoms with Crippen molar-refractivity contribution >= 4 is 21.6 Å². The van der Waals surface area contributed by atoms with Crippen LogP contribution in [-0.4, -0.2) is 6.54 Å². The van der Waals surface area contributed by atoms with Gasteiger partial charge in [-0.1, -0.05) is 6.07 Å². The summed E-state index contributed by atoms with van der Waals surface area (Å²) in [4.78, 5) is 0. The molecule has 1 aromatic carbocycles. The molecule has 18 heavy (non-hydrogen) atoms. The molecule has 0 aromatic heterocycles. The van der Waals surface area contributed by atoms with Gasteiger partial charge in [-0.3, -0.25) is 0 Å². The maximum atomic E-state index is 8.95. The van der Waals surface area contributed by atoms with Crippen molar-refractivity contribution in [3.05, 3.63) is 27.7 Å². The first kappa shape index (κ1) is 15.0. The molecule has 0 saturated carbocycles. The SMILES string of the molecule is Cc1cc(C)c(NCCCC(C)(C)C#N)c(Br)c1. The zero-order valence-corrected chi connectivity index (χ0v) is 13.2. The van der Waals surface area contributed by atoms with Gasteiger partial charge in [0.15, 0.2) is 0 Å². The van der Waals surface area contributed by atoms with Gasteiger partial charge in [0.25, 0.3) is 0 Å². The second-order valence-electron chi connectivity index (χ2n) is 5.46. The molecule has 0 aliphatic heterocycles. The maximum Gasteiger partial charge on any atom is 0.0683 e. The topological polar surface area (TPSA) is 35.8 Å². The van der Waals surface area contributed by atoms with Gasteiger partial charge in [0.1, 0.15) is 0 Å². The van der Waals surface area contributed by atoms with Crippen molar-refractivity contribution in [2.45, 2.75) is 40.5 Å². The number of anilines is 1. The van der Waals surface area contributed by atoms with Gasteiger partial charge in [-0.25, -0.2) is 0 Å². The van der Waals surface area contributed by atoms with Crippen LogP contribution in [0, 0.1) is 30.6 Å². The van der Waals surface area contributed by atoms with Crippen LogP contribution >= 0.6 is 15.9 Å². The van der Waals surface area contributed by atoms with Crippen LogP contribution in [0.4, 0.5) is 5.69 Å². The molecule has 0 bridgehead atoms. The van der Waals surface area contributed by atoms with Crippen molar-refractivity contribution in [2.24, 2.45) is 5.41 Å². The maximum absolute atomic E-state index is 8.95. The van der Waals surface area contributed by atoms with Crippen LogP contribution in [0.5, 0.6) is 0 Å². The summed E-state index contributed by atoms with van der Waals surface area (Å²) in [6, 6.07) is 6.63. The third-order valence-electron chi connectivity index (χ3n) is 3.01. The van der Waals surface area contributed by atoms with E-state index in [2.05, 4.69) is 53.3 Å². The summed E-state index contributed by atoms with van der Waals surface area (Å²) in [6.07, 6.45) is 1.92.